The Hall–Kier alpha value is -8.59. The summed E-state index contributed by atoms with van der Waals surface area (Å²) in [7, 11) is 0. The van der Waals surface area contributed by atoms with Crippen molar-refractivity contribution in [2.24, 2.45) is 47.0 Å². The third-order valence-corrected chi connectivity index (χ3v) is 14.8. The lowest BCUT2D eigenvalue weighted by Crippen LogP contribution is -2.64. The maximum Gasteiger partial charge on any atom is 0.335 e. The maximum atomic E-state index is 14.1. The smallest absolute Gasteiger partial charge is 0.335 e. The number of aliphatic hydroxyl groups is 1. The summed E-state index contributed by atoms with van der Waals surface area (Å²) < 4.78 is 0. The molecule has 0 aliphatic carbocycles. The summed E-state index contributed by atoms with van der Waals surface area (Å²) in [5.41, 5.74) is 11.8. The predicted octanol–water partition coefficient (Wildman–Crippen LogP) is -3.61. The number of rotatable bonds is 40. The van der Waals surface area contributed by atoms with Crippen molar-refractivity contribution in [3.63, 3.8) is 0 Å². The Morgan fingerprint density at radius 1 is 0.567 bits per heavy atom. The zero-order valence-electron chi connectivity index (χ0n) is 52.3. The van der Waals surface area contributed by atoms with E-state index in [0.29, 0.717) is 5.92 Å². The number of allylic oxidation sites excluding steroid dienone is 3. The fourth-order valence-corrected chi connectivity index (χ4v) is 9.01. The first-order valence-corrected chi connectivity index (χ1v) is 29.5. The van der Waals surface area contributed by atoms with Gasteiger partial charge in [0.25, 0.3) is 0 Å². The van der Waals surface area contributed by atoms with Crippen LogP contribution in [0.2, 0.25) is 0 Å². The highest BCUT2D eigenvalue weighted by atomic mass is 16.4. The molecule has 1 rings (SSSR count). The van der Waals surface area contributed by atoms with Gasteiger partial charge in [0, 0.05) is 18.7 Å². The molecule has 1 saturated heterocycles. The molecule has 10 amide bonds. The number of nitrogens with two attached hydrogens (primary N) is 2. The third-order valence-electron chi connectivity index (χ3n) is 14.8. The molecule has 0 radical (unpaired) electrons. The Bertz CT molecular complexity index is 2630. The van der Waals surface area contributed by atoms with E-state index in [-0.39, 0.29) is 44.7 Å². The number of carbonyl (C=O) groups excluding carboxylic acids is 10. The number of aliphatic carboxylic acids is 5. The van der Waals surface area contributed by atoms with Gasteiger partial charge in [-0.2, -0.15) is 0 Å². The van der Waals surface area contributed by atoms with E-state index in [0.717, 1.165) is 44.1 Å². The van der Waals surface area contributed by atoms with Crippen molar-refractivity contribution in [1.29, 1.82) is 0 Å². The topological polar surface area (TPSA) is 541 Å². The average Bonchev–Trinajstić information content (AvgIpc) is 1.61. The highest BCUT2D eigenvalue weighted by Gasteiger charge is 2.44. The number of carbonyl (C=O) groups is 15. The number of hydrogen-bond donors (Lipinski definition) is 17. The van der Waals surface area contributed by atoms with Crippen molar-refractivity contribution in [1.82, 2.24) is 52.8 Å². The van der Waals surface area contributed by atoms with Crippen LogP contribution in [0.15, 0.2) is 24.3 Å². The highest BCUT2D eigenvalue weighted by Crippen LogP contribution is 2.25. The Labute approximate surface area is 520 Å². The van der Waals surface area contributed by atoms with Gasteiger partial charge in [-0.3, -0.25) is 62.3 Å². The van der Waals surface area contributed by atoms with Crippen LogP contribution in [0.25, 0.3) is 0 Å². The molecule has 33 heteroatoms. The summed E-state index contributed by atoms with van der Waals surface area (Å²) in [6.45, 7) is 14.2. The van der Waals surface area contributed by atoms with Gasteiger partial charge in [0.1, 0.15) is 54.4 Å². The maximum absolute atomic E-state index is 14.1. The van der Waals surface area contributed by atoms with Crippen molar-refractivity contribution in [3.8, 4) is 0 Å². The summed E-state index contributed by atoms with van der Waals surface area (Å²) in [5.74, 6) is -24.8. The molecule has 5 unspecified atom stereocenters. The van der Waals surface area contributed by atoms with E-state index in [4.69, 9.17) is 11.5 Å². The van der Waals surface area contributed by atoms with Gasteiger partial charge in [0.05, 0.1) is 24.8 Å². The minimum atomic E-state index is -2.85. The largest absolute Gasteiger partial charge is 0.481 e. The molecule has 0 aromatic heterocycles. The summed E-state index contributed by atoms with van der Waals surface area (Å²) in [4.78, 5) is 198. The van der Waals surface area contributed by atoms with E-state index in [2.05, 4.69) is 45.7 Å². The first-order valence-electron chi connectivity index (χ1n) is 29.5. The van der Waals surface area contributed by atoms with Gasteiger partial charge >= 0.3 is 29.8 Å². The first kappa shape index (κ1) is 79.4. The predicted molar refractivity (Wildman–Crippen MR) is 318 cm³/mol. The molecule has 1 aliphatic rings. The molecule has 0 bridgehead atoms. The highest BCUT2D eigenvalue weighted by molar-refractivity contribution is 6.01. The Morgan fingerprint density at radius 3 is 1.57 bits per heavy atom. The molecule has 15 atom stereocenters. The molecule has 90 heavy (non-hydrogen) atoms. The van der Waals surface area contributed by atoms with Crippen LogP contribution in [0.3, 0.4) is 0 Å². The summed E-state index contributed by atoms with van der Waals surface area (Å²) in [6, 6.07) is -17.4. The fraction of sp³-hybridized carbons (Fsp3) is 0.667. The van der Waals surface area contributed by atoms with Gasteiger partial charge < -0.3 is 94.9 Å². The van der Waals surface area contributed by atoms with Crippen LogP contribution in [-0.4, -0.2) is 211 Å². The molecule has 1 fully saturated rings. The number of hydrogen-bond acceptors (Lipinski definition) is 18. The summed E-state index contributed by atoms with van der Waals surface area (Å²) >= 11 is 0. The van der Waals surface area contributed by atoms with E-state index >= 15 is 0 Å². The second kappa shape index (κ2) is 38.7. The second-order valence-corrected chi connectivity index (χ2v) is 23.1. The number of likely N-dealkylation sites (tertiary alicyclic amines) is 1. The van der Waals surface area contributed by atoms with E-state index < -0.39 is 192 Å². The Balaban J connectivity index is 3.44. The second-order valence-electron chi connectivity index (χ2n) is 23.1. The molecule has 1 heterocycles. The van der Waals surface area contributed by atoms with Gasteiger partial charge in [-0.15, -0.1) is 0 Å². The van der Waals surface area contributed by atoms with Gasteiger partial charge in [-0.25, -0.2) is 9.59 Å². The molecular weight excluding hydrogens is 1190 g/mol. The number of carboxylic acid groups (broad SMARTS) is 5. The Kier molecular flexibility index (Phi) is 34.2. The minimum Gasteiger partial charge on any atom is -0.481 e. The normalized spacial score (nSPS) is 18.3. The van der Waals surface area contributed by atoms with Crippen molar-refractivity contribution in [2.75, 3.05) is 19.6 Å². The minimum absolute atomic E-state index is 0.0335. The van der Waals surface area contributed by atoms with Crippen LogP contribution in [-0.2, 0) is 71.9 Å². The molecule has 19 N–H and O–H groups in total. The SMILES string of the molecule is CCC(C)CC/C=C\C=C\C(=O)N[C@H](C(=O)N[C@H](C(=O)N[C@@H](C(=O)N[C@@H](CCCCN)C(=O)N[C@H](C(=O)N[C@@H](CC(=O)O)C(=O)NCC(=O)N[C@@H](C(=O)N[C@H](C(=O)N1C[C@H](C)C[C@H]1C(=O)O)C(C)C)C(C)C(=O)O)C(O)C(=O)O)C(C)C)C(C)N)C(C)C(=O)O. The van der Waals surface area contributed by atoms with E-state index in [1.165, 1.54) is 40.7 Å². The zero-order chi connectivity index (χ0) is 69.0. The first-order chi connectivity index (χ1) is 41.9. The fourth-order valence-electron chi connectivity index (χ4n) is 9.01. The molecule has 0 spiro atoms. The molecule has 506 valence electrons. The molecule has 33 nitrogen and oxygen atoms in total. The lowest BCUT2D eigenvalue weighted by Gasteiger charge is -2.31. The van der Waals surface area contributed by atoms with Gasteiger partial charge in [-0.1, -0.05) is 73.1 Å². The number of amides is 10. The molecule has 0 aromatic carbocycles. The molecule has 1 aliphatic heterocycles. The number of nitrogens with zero attached hydrogens (tertiary/aromatic N) is 1. The van der Waals surface area contributed by atoms with Gasteiger partial charge in [-0.05, 0) is 89.5 Å². The number of unbranched alkanes of at least 4 members (excludes halogenated alkanes) is 1. The van der Waals surface area contributed by atoms with Crippen molar-refractivity contribution < 1.29 is 103 Å². The molecule has 0 saturated carbocycles. The van der Waals surface area contributed by atoms with Crippen LogP contribution in [0.5, 0.6) is 0 Å². The van der Waals surface area contributed by atoms with Crippen molar-refractivity contribution >= 4 is 88.9 Å². The monoisotopic (exact) mass is 1280 g/mol. The number of nitrogens with one attached hydrogen (secondary N) is 9. The zero-order valence-corrected chi connectivity index (χ0v) is 52.3. The molecular formula is C57H92N12O21. The van der Waals surface area contributed by atoms with E-state index in [9.17, 15) is 103 Å². The number of carboxylic acids is 5. The molecule has 0 aromatic rings. The van der Waals surface area contributed by atoms with Crippen molar-refractivity contribution in [3.05, 3.63) is 24.3 Å². The van der Waals surface area contributed by atoms with Gasteiger partial charge in [0.2, 0.25) is 59.1 Å². The lowest BCUT2D eigenvalue weighted by molar-refractivity contribution is -0.153. The van der Waals surface area contributed by atoms with Crippen LogP contribution < -0.4 is 59.3 Å². The average molecular weight is 1280 g/mol. The Morgan fingerprint density at radius 2 is 1.07 bits per heavy atom. The van der Waals surface area contributed by atoms with E-state index in [1.807, 2.05) is 22.0 Å². The summed E-state index contributed by atoms with van der Waals surface area (Å²) in [5, 5.41) is 79.4. The van der Waals surface area contributed by atoms with Crippen LogP contribution >= 0.6 is 0 Å². The van der Waals surface area contributed by atoms with Crippen molar-refractivity contribution in [2.45, 2.75) is 187 Å². The standard InChI is InChI=1S/C57H92N12O21/c1-11-28(6)18-14-12-13-15-20-36(70)63-41(30(8)54(83)84)50(79)67-43(32(10)59)51(80)65-39(26(2)3)48(77)61-33(19-16-17-21-58)47(76)68-44(45(74)57(89)90)52(81)62-34(23-38(72)73)46(75)60-24-37(71)64-42(31(9)55(85)86)49(78)66-40(27(4)5)53(82)69-25-29(7)22-35(69)56(87)88/h12-13,15,20,26-35,39-45,74H,11,14,16-19,21-25,58-59H2,1-10H3,(H,60,75)(H,61,77)(H,62,81)(H,63,70)(H,64,71)(H,65,80)(H,66,78)(H,67,79)(H,68,76)(H,72,73)(H,83,84)(H,85,86)(H,87,88)(H,89,90)/b13-12-,20-15+/t28?,29-,30?,31?,32?,33+,34+,35+,39-,40+,41+,42-,43+,44+,45?/m1/s1. The summed E-state index contributed by atoms with van der Waals surface area (Å²) in [6.07, 6.45) is 4.52. The van der Waals surface area contributed by atoms with Crippen LogP contribution in [0.1, 0.15) is 121 Å². The number of aliphatic hydroxyl groups excluding tert-OH is 1. The van der Waals surface area contributed by atoms with E-state index in [1.54, 1.807) is 13.0 Å². The third kappa shape index (κ3) is 26.2. The quantitative estimate of drug-likeness (QED) is 0.0160. The lowest BCUT2D eigenvalue weighted by atomic mass is 9.98. The van der Waals surface area contributed by atoms with Crippen LogP contribution in [0, 0.1) is 35.5 Å². The van der Waals surface area contributed by atoms with Gasteiger partial charge in [0.15, 0.2) is 6.10 Å². The van der Waals surface area contributed by atoms with Crippen LogP contribution in [0.4, 0.5) is 0 Å².